The molecule has 0 saturated heterocycles. The molecule has 0 radical (unpaired) electrons. The minimum Gasteiger partial charge on any atom is -0.326 e. The monoisotopic (exact) mass is 440 g/mol. The van der Waals surface area contributed by atoms with Crippen LogP contribution >= 0.6 is 11.8 Å². The van der Waals surface area contributed by atoms with E-state index >= 15 is 0 Å². The number of thioether (sulfide) groups is 1. The zero-order valence-electron chi connectivity index (χ0n) is 15.8. The van der Waals surface area contributed by atoms with Gasteiger partial charge in [-0.05, 0) is 61.7 Å². The van der Waals surface area contributed by atoms with Crippen LogP contribution in [0.25, 0.3) is 0 Å². The molecular weight excluding hydrogens is 418 g/mol. The first-order valence-corrected chi connectivity index (χ1v) is 11.6. The van der Waals surface area contributed by atoms with Crippen molar-refractivity contribution in [3.63, 3.8) is 0 Å². The van der Waals surface area contributed by atoms with Crippen molar-refractivity contribution in [3.8, 4) is 0 Å². The fourth-order valence-corrected chi connectivity index (χ4v) is 5.14. The lowest BCUT2D eigenvalue weighted by Crippen LogP contribution is -2.21. The second-order valence-corrected chi connectivity index (χ2v) is 9.67. The lowest BCUT2D eigenvalue weighted by molar-refractivity contribution is -0.119. The minimum absolute atomic E-state index is 0.0286. The highest BCUT2D eigenvalue weighted by Crippen LogP contribution is 2.29. The van der Waals surface area contributed by atoms with E-state index in [9.17, 15) is 22.0 Å². The van der Waals surface area contributed by atoms with Crippen molar-refractivity contribution in [2.75, 3.05) is 10.0 Å². The summed E-state index contributed by atoms with van der Waals surface area (Å²) in [7, 11) is -3.91. The van der Waals surface area contributed by atoms with Gasteiger partial charge in [0.05, 0.1) is 4.90 Å². The maximum Gasteiger partial charge on any atom is 0.288 e. The van der Waals surface area contributed by atoms with Crippen LogP contribution in [-0.4, -0.2) is 20.1 Å². The molecule has 0 spiro atoms. The summed E-state index contributed by atoms with van der Waals surface area (Å²) in [5.74, 6) is -2.66. The van der Waals surface area contributed by atoms with Crippen LogP contribution in [0.5, 0.6) is 0 Å². The summed E-state index contributed by atoms with van der Waals surface area (Å²) in [4.78, 5) is 12.7. The molecule has 1 fully saturated rings. The highest BCUT2D eigenvalue weighted by molar-refractivity contribution is 7.99. The van der Waals surface area contributed by atoms with Gasteiger partial charge in [-0.2, -0.15) is 8.78 Å². The van der Waals surface area contributed by atoms with Gasteiger partial charge in [0.25, 0.3) is 15.8 Å². The third kappa shape index (κ3) is 5.70. The Bertz CT molecular complexity index is 974. The van der Waals surface area contributed by atoms with Crippen LogP contribution in [0.15, 0.2) is 52.3 Å². The van der Waals surface area contributed by atoms with E-state index < -0.39 is 15.8 Å². The second-order valence-electron chi connectivity index (χ2n) is 6.96. The van der Waals surface area contributed by atoms with E-state index in [0.717, 1.165) is 25.7 Å². The summed E-state index contributed by atoms with van der Waals surface area (Å²) in [5, 5.41) is 2.81. The number of carbonyl (C=O) groups excluding carboxylic acids is 1. The van der Waals surface area contributed by atoms with Crippen LogP contribution in [0, 0.1) is 12.8 Å². The van der Waals surface area contributed by atoms with Crippen LogP contribution in [0.2, 0.25) is 0 Å². The Morgan fingerprint density at radius 1 is 1.07 bits per heavy atom. The van der Waals surface area contributed by atoms with Gasteiger partial charge in [-0.1, -0.05) is 30.7 Å². The highest BCUT2D eigenvalue weighted by Gasteiger charge is 2.24. The van der Waals surface area contributed by atoms with Gasteiger partial charge in [0.2, 0.25) is 5.91 Å². The molecule has 2 N–H and O–H groups in total. The molecule has 2 aromatic carbocycles. The predicted octanol–water partition coefficient (Wildman–Crippen LogP) is 5.24. The second kappa shape index (κ2) is 9.13. The number of rotatable bonds is 7. The predicted molar refractivity (Wildman–Crippen MR) is 111 cm³/mol. The number of aryl methyl sites for hydroxylation is 1. The van der Waals surface area contributed by atoms with Gasteiger partial charge in [-0.25, -0.2) is 8.42 Å². The Morgan fingerprint density at radius 2 is 1.69 bits per heavy atom. The molecule has 1 amide bonds. The van der Waals surface area contributed by atoms with Crippen LogP contribution < -0.4 is 10.0 Å². The molecule has 0 heterocycles. The fraction of sp³-hybridized carbons (Fsp3) is 0.350. The molecule has 0 aliphatic heterocycles. The van der Waals surface area contributed by atoms with Gasteiger partial charge >= 0.3 is 0 Å². The molecule has 5 nitrogen and oxygen atoms in total. The molecular formula is C20H22F2N2O3S2. The van der Waals surface area contributed by atoms with E-state index in [-0.39, 0.29) is 22.4 Å². The number of sulfonamides is 1. The van der Waals surface area contributed by atoms with Crippen molar-refractivity contribution in [1.82, 2.24) is 0 Å². The van der Waals surface area contributed by atoms with Crippen LogP contribution in [-0.2, 0) is 14.8 Å². The van der Waals surface area contributed by atoms with Crippen molar-refractivity contribution < 1.29 is 22.0 Å². The smallest absolute Gasteiger partial charge is 0.288 e. The summed E-state index contributed by atoms with van der Waals surface area (Å²) in [6.07, 6.45) is 3.77. The third-order valence-corrected chi connectivity index (χ3v) is 7.05. The molecule has 2 aromatic rings. The SMILES string of the molecule is Cc1ccc(NC(=O)C2CCCC2)cc1S(=O)(=O)Nc1ccc(SC(F)F)cc1. The largest absolute Gasteiger partial charge is 0.326 e. The topological polar surface area (TPSA) is 75.3 Å². The van der Waals surface area contributed by atoms with Gasteiger partial charge in [-0.3, -0.25) is 9.52 Å². The molecule has 1 aliphatic rings. The standard InChI is InChI=1S/C20H22F2N2O3S2/c1-13-6-7-16(23-19(25)14-4-2-3-5-14)12-18(13)29(26,27)24-15-8-10-17(11-9-15)28-20(21)22/h6-12,14,20,24H,2-5H2,1H3,(H,23,25). The zero-order valence-corrected chi connectivity index (χ0v) is 17.5. The summed E-state index contributed by atoms with van der Waals surface area (Å²) < 4.78 is 52.9. The Labute approximate surface area is 173 Å². The number of hydrogen-bond acceptors (Lipinski definition) is 4. The van der Waals surface area contributed by atoms with Crippen molar-refractivity contribution in [1.29, 1.82) is 0 Å². The van der Waals surface area contributed by atoms with Crippen LogP contribution in [0.1, 0.15) is 31.2 Å². The molecule has 0 atom stereocenters. The normalized spacial score (nSPS) is 14.9. The van der Waals surface area contributed by atoms with E-state index in [2.05, 4.69) is 10.0 Å². The Morgan fingerprint density at radius 3 is 2.31 bits per heavy atom. The highest BCUT2D eigenvalue weighted by atomic mass is 32.2. The minimum atomic E-state index is -3.91. The van der Waals surface area contributed by atoms with Crippen molar-refractivity contribution >= 4 is 39.1 Å². The molecule has 0 unspecified atom stereocenters. The maximum atomic E-state index is 12.8. The number of nitrogens with one attached hydrogen (secondary N) is 2. The van der Waals surface area contributed by atoms with E-state index in [4.69, 9.17) is 0 Å². The molecule has 1 aliphatic carbocycles. The molecule has 29 heavy (non-hydrogen) atoms. The molecule has 3 rings (SSSR count). The average Bonchev–Trinajstić information content (AvgIpc) is 3.19. The first-order valence-electron chi connectivity index (χ1n) is 9.24. The van der Waals surface area contributed by atoms with E-state index in [1.165, 1.54) is 30.3 Å². The number of alkyl halides is 2. The lowest BCUT2D eigenvalue weighted by atomic mass is 10.1. The number of benzene rings is 2. The van der Waals surface area contributed by atoms with Crippen LogP contribution in [0.4, 0.5) is 20.2 Å². The molecule has 156 valence electrons. The third-order valence-electron chi connectivity index (χ3n) is 4.80. The number of carbonyl (C=O) groups is 1. The quantitative estimate of drug-likeness (QED) is 0.578. The van der Waals surface area contributed by atoms with Crippen molar-refractivity contribution in [2.24, 2.45) is 5.92 Å². The average molecular weight is 441 g/mol. The summed E-state index contributed by atoms with van der Waals surface area (Å²) in [5.41, 5.74) is 1.22. The molecule has 0 bridgehead atoms. The first kappa shape index (κ1) is 21.6. The summed E-state index contributed by atoms with van der Waals surface area (Å²) in [6, 6.07) is 10.5. The summed E-state index contributed by atoms with van der Waals surface area (Å²) in [6.45, 7) is 1.67. The van der Waals surface area contributed by atoms with Gasteiger partial charge in [-0.15, -0.1) is 0 Å². The molecule has 1 saturated carbocycles. The van der Waals surface area contributed by atoms with Gasteiger partial charge in [0.15, 0.2) is 0 Å². The van der Waals surface area contributed by atoms with Gasteiger partial charge in [0, 0.05) is 22.2 Å². The maximum absolute atomic E-state index is 12.8. The van der Waals surface area contributed by atoms with E-state index in [1.807, 2.05) is 0 Å². The van der Waals surface area contributed by atoms with E-state index in [1.54, 1.807) is 19.1 Å². The number of hydrogen-bond donors (Lipinski definition) is 2. The Kier molecular flexibility index (Phi) is 6.79. The van der Waals surface area contributed by atoms with E-state index in [0.29, 0.717) is 27.9 Å². The number of amides is 1. The summed E-state index contributed by atoms with van der Waals surface area (Å²) >= 11 is 0.391. The zero-order chi connectivity index (χ0) is 21.0. The molecule has 9 heteroatoms. The number of halogens is 2. The molecule has 0 aromatic heterocycles. The lowest BCUT2D eigenvalue weighted by Gasteiger charge is -2.14. The van der Waals surface area contributed by atoms with Gasteiger partial charge in [0.1, 0.15) is 0 Å². The van der Waals surface area contributed by atoms with Gasteiger partial charge < -0.3 is 5.32 Å². The van der Waals surface area contributed by atoms with Crippen molar-refractivity contribution in [2.45, 2.75) is 48.2 Å². The number of anilines is 2. The van der Waals surface area contributed by atoms with Crippen molar-refractivity contribution in [3.05, 3.63) is 48.0 Å². The first-order chi connectivity index (χ1) is 13.7. The van der Waals surface area contributed by atoms with Crippen LogP contribution in [0.3, 0.4) is 0 Å². The Balaban J connectivity index is 1.76. The fourth-order valence-electron chi connectivity index (χ4n) is 3.31. The Hall–Kier alpha value is -2.13.